The summed E-state index contributed by atoms with van der Waals surface area (Å²) >= 11 is 5.46. The van der Waals surface area contributed by atoms with Gasteiger partial charge in [-0.25, -0.2) is 0 Å². The van der Waals surface area contributed by atoms with Gasteiger partial charge in [-0.05, 0) is 117 Å². The number of ether oxygens (including phenoxy) is 1. The minimum absolute atomic E-state index is 0.146. The van der Waals surface area contributed by atoms with E-state index in [1.807, 2.05) is 30.3 Å². The SMILES string of the molecule is COC(=O)CC[C@@H](C)[C@H]1CC[C@H]2[C@@H]3CC[C@@H]4C/C(=N/NC(=S)Nc5ccccc5)CC[C@]4(C)[C@H]3CC(=O)[C@]12C. The highest BCUT2D eigenvalue weighted by molar-refractivity contribution is 7.80. The number of nitrogens with zero attached hydrogens (tertiary/aromatic N) is 1. The first kappa shape index (κ1) is 28.3. The van der Waals surface area contributed by atoms with E-state index >= 15 is 0 Å². The van der Waals surface area contributed by atoms with Crippen LogP contribution in [-0.4, -0.2) is 29.7 Å². The van der Waals surface area contributed by atoms with Crippen molar-refractivity contribution < 1.29 is 14.3 Å². The van der Waals surface area contributed by atoms with Gasteiger partial charge in [0.25, 0.3) is 0 Å². The molecule has 4 aliphatic rings. The largest absolute Gasteiger partial charge is 0.469 e. The Labute approximate surface area is 239 Å². The molecule has 4 aliphatic carbocycles. The number of para-hydroxylation sites is 1. The van der Waals surface area contributed by atoms with Crippen molar-refractivity contribution in [2.75, 3.05) is 12.4 Å². The van der Waals surface area contributed by atoms with Crippen molar-refractivity contribution in [3.63, 3.8) is 0 Å². The standard InChI is InChI=1S/C32H45N3O3S/c1-20(10-15-29(37)38-4)25-13-14-26-24-12-11-21-18-23(34-35-30(39)33-22-8-6-5-7-9-22)16-17-31(21,2)27(24)19-28(36)32(25,26)3/h5-9,20-21,24-27H,10-19H2,1-4H3,(H2,33,35,39)/b34-23+/t20-,21-,24+,25-,26+,27+,31+,32-/m1/s1. The third kappa shape index (κ3) is 5.28. The number of hydrogen-bond acceptors (Lipinski definition) is 5. The highest BCUT2D eigenvalue weighted by Gasteiger charge is 2.63. The van der Waals surface area contributed by atoms with E-state index in [2.05, 4.69) is 31.5 Å². The Kier molecular flexibility index (Phi) is 8.19. The molecule has 8 atom stereocenters. The van der Waals surface area contributed by atoms with Gasteiger partial charge in [0, 0.05) is 29.7 Å². The van der Waals surface area contributed by atoms with Crippen molar-refractivity contribution in [1.82, 2.24) is 5.43 Å². The summed E-state index contributed by atoms with van der Waals surface area (Å²) < 4.78 is 4.88. The number of hydrazone groups is 1. The highest BCUT2D eigenvalue weighted by atomic mass is 32.1. The van der Waals surface area contributed by atoms with Crippen LogP contribution >= 0.6 is 12.2 Å². The normalized spacial score (nSPS) is 37.3. The van der Waals surface area contributed by atoms with Crippen LogP contribution in [0.3, 0.4) is 0 Å². The van der Waals surface area contributed by atoms with Gasteiger partial charge < -0.3 is 10.1 Å². The maximum absolute atomic E-state index is 14.0. The fourth-order valence-corrected chi connectivity index (χ4v) is 9.43. The lowest BCUT2D eigenvalue weighted by Gasteiger charge is -2.60. The summed E-state index contributed by atoms with van der Waals surface area (Å²) in [4.78, 5) is 25.8. The van der Waals surface area contributed by atoms with Gasteiger partial charge in [0.15, 0.2) is 5.11 Å². The number of thiocarbonyl (C=S) groups is 1. The van der Waals surface area contributed by atoms with Gasteiger partial charge in [-0.3, -0.25) is 15.0 Å². The van der Waals surface area contributed by atoms with Gasteiger partial charge in [-0.2, -0.15) is 5.10 Å². The van der Waals surface area contributed by atoms with Crippen LogP contribution in [-0.2, 0) is 14.3 Å². The summed E-state index contributed by atoms with van der Waals surface area (Å²) in [7, 11) is 1.45. The molecule has 0 saturated heterocycles. The monoisotopic (exact) mass is 551 g/mol. The molecule has 212 valence electrons. The average molecular weight is 552 g/mol. The molecule has 0 radical (unpaired) electrons. The molecule has 0 amide bonds. The third-order valence-electron chi connectivity index (χ3n) is 11.5. The minimum Gasteiger partial charge on any atom is -0.469 e. The number of rotatable bonds is 6. The Balaban J connectivity index is 1.24. The molecule has 0 spiro atoms. The van der Waals surface area contributed by atoms with Crippen LogP contribution in [0.15, 0.2) is 35.4 Å². The molecular weight excluding hydrogens is 506 g/mol. The van der Waals surface area contributed by atoms with Gasteiger partial charge in [0.05, 0.1) is 7.11 Å². The second-order valence-corrected chi connectivity index (χ2v) is 13.6. The van der Waals surface area contributed by atoms with Crippen molar-refractivity contribution >= 4 is 40.5 Å². The van der Waals surface area contributed by atoms with Gasteiger partial charge >= 0.3 is 5.97 Å². The van der Waals surface area contributed by atoms with Gasteiger partial charge in [0.2, 0.25) is 0 Å². The number of benzene rings is 1. The molecular formula is C32H45N3O3S. The topological polar surface area (TPSA) is 79.8 Å². The predicted molar refractivity (Wildman–Crippen MR) is 159 cm³/mol. The van der Waals surface area contributed by atoms with E-state index in [4.69, 9.17) is 22.1 Å². The van der Waals surface area contributed by atoms with E-state index in [0.29, 0.717) is 52.8 Å². The number of nitrogens with one attached hydrogen (secondary N) is 2. The molecule has 2 N–H and O–H groups in total. The molecule has 1 aromatic rings. The quantitative estimate of drug-likeness (QED) is 0.231. The number of Topliss-reactive ketones (excluding diaryl/α,β-unsaturated/α-hetero) is 1. The number of carbonyl (C=O) groups excluding carboxylic acids is 2. The second kappa shape index (κ2) is 11.3. The maximum Gasteiger partial charge on any atom is 0.305 e. The van der Waals surface area contributed by atoms with Crippen LogP contribution in [0.25, 0.3) is 0 Å². The Morgan fingerprint density at radius 3 is 2.64 bits per heavy atom. The molecule has 4 saturated carbocycles. The average Bonchev–Trinajstić information content (AvgIpc) is 3.30. The second-order valence-electron chi connectivity index (χ2n) is 13.2. The molecule has 5 rings (SSSR count). The lowest BCUT2D eigenvalue weighted by atomic mass is 9.44. The van der Waals surface area contributed by atoms with Gasteiger partial charge in [-0.15, -0.1) is 0 Å². The van der Waals surface area contributed by atoms with Gasteiger partial charge in [0.1, 0.15) is 5.78 Å². The molecule has 0 bridgehead atoms. The molecule has 0 aliphatic heterocycles. The first-order chi connectivity index (χ1) is 18.7. The zero-order chi connectivity index (χ0) is 27.8. The highest BCUT2D eigenvalue weighted by Crippen LogP contribution is 2.67. The minimum atomic E-state index is -0.243. The smallest absolute Gasteiger partial charge is 0.305 e. The lowest BCUT2D eigenvalue weighted by molar-refractivity contribution is -0.155. The summed E-state index contributed by atoms with van der Waals surface area (Å²) in [5, 5.41) is 8.42. The summed E-state index contributed by atoms with van der Waals surface area (Å²) in [6.45, 7) is 7.00. The van der Waals surface area contributed by atoms with Crippen molar-refractivity contribution in [3.05, 3.63) is 30.3 Å². The van der Waals surface area contributed by atoms with Crippen LogP contribution in [0.1, 0.15) is 85.0 Å². The van der Waals surface area contributed by atoms with Crippen molar-refractivity contribution in [2.45, 2.75) is 85.0 Å². The third-order valence-corrected chi connectivity index (χ3v) is 11.7. The van der Waals surface area contributed by atoms with E-state index in [-0.39, 0.29) is 16.8 Å². The van der Waals surface area contributed by atoms with Crippen LogP contribution in [0.2, 0.25) is 0 Å². The number of ketones is 1. The van der Waals surface area contributed by atoms with E-state index in [9.17, 15) is 9.59 Å². The van der Waals surface area contributed by atoms with E-state index in [0.717, 1.165) is 50.6 Å². The number of fused-ring (bicyclic) bond motifs is 5. The molecule has 7 heteroatoms. The zero-order valence-electron chi connectivity index (χ0n) is 24.0. The molecule has 39 heavy (non-hydrogen) atoms. The Bertz CT molecular complexity index is 1120. The lowest BCUT2D eigenvalue weighted by Crippen LogP contribution is -2.57. The molecule has 6 nitrogen and oxygen atoms in total. The number of esters is 1. The molecule has 0 aromatic heterocycles. The number of methoxy groups -OCH3 is 1. The summed E-state index contributed by atoms with van der Waals surface area (Å²) in [5.41, 5.74) is 5.16. The van der Waals surface area contributed by atoms with Crippen LogP contribution < -0.4 is 10.7 Å². The van der Waals surface area contributed by atoms with Crippen LogP contribution in [0.5, 0.6) is 0 Å². The van der Waals surface area contributed by atoms with Crippen molar-refractivity contribution in [2.24, 2.45) is 51.4 Å². The summed E-state index contributed by atoms with van der Waals surface area (Å²) in [6, 6.07) is 9.90. The fourth-order valence-electron chi connectivity index (χ4n) is 9.27. The van der Waals surface area contributed by atoms with Crippen molar-refractivity contribution in [3.8, 4) is 0 Å². The van der Waals surface area contributed by atoms with E-state index in [1.165, 1.54) is 25.7 Å². The van der Waals surface area contributed by atoms with Gasteiger partial charge in [-0.1, -0.05) is 39.0 Å². The number of carbonyl (C=O) groups is 2. The number of hydrogen-bond donors (Lipinski definition) is 2. The molecule has 0 unspecified atom stereocenters. The van der Waals surface area contributed by atoms with E-state index in [1.54, 1.807) is 0 Å². The van der Waals surface area contributed by atoms with Crippen molar-refractivity contribution in [1.29, 1.82) is 0 Å². The first-order valence-corrected chi connectivity index (χ1v) is 15.3. The number of anilines is 1. The van der Waals surface area contributed by atoms with Crippen LogP contribution in [0.4, 0.5) is 5.69 Å². The molecule has 4 fully saturated rings. The van der Waals surface area contributed by atoms with Crippen LogP contribution in [0, 0.1) is 46.3 Å². The Morgan fingerprint density at radius 2 is 1.90 bits per heavy atom. The summed E-state index contributed by atoms with van der Waals surface area (Å²) in [6.07, 6.45) is 9.71. The predicted octanol–water partition coefficient (Wildman–Crippen LogP) is 6.76. The first-order valence-electron chi connectivity index (χ1n) is 14.9. The molecule has 0 heterocycles. The zero-order valence-corrected chi connectivity index (χ0v) is 24.8. The Hall–Kier alpha value is -2.28. The van der Waals surface area contributed by atoms with E-state index < -0.39 is 0 Å². The molecule has 1 aromatic carbocycles. The summed E-state index contributed by atoms with van der Waals surface area (Å²) in [5.74, 6) is 3.22. The maximum atomic E-state index is 14.0. The Morgan fingerprint density at radius 1 is 1.13 bits per heavy atom. The fraction of sp³-hybridized carbons (Fsp3) is 0.688.